The Morgan fingerprint density at radius 3 is 2.75 bits per heavy atom. The lowest BCUT2D eigenvalue weighted by Gasteiger charge is -2.32. The Morgan fingerprint density at radius 2 is 1.96 bits per heavy atom. The van der Waals surface area contributed by atoms with E-state index in [9.17, 15) is 9.18 Å². The zero-order valence-corrected chi connectivity index (χ0v) is 15.9. The van der Waals surface area contributed by atoms with Crippen LogP contribution in [0.1, 0.15) is 34.8 Å². The number of aromatic nitrogens is 2. The molecule has 0 aliphatic carbocycles. The van der Waals surface area contributed by atoms with Crippen molar-refractivity contribution in [1.29, 1.82) is 0 Å². The molecular weight excluding hydrogens is 377 g/mol. The molecule has 0 radical (unpaired) electrons. The van der Waals surface area contributed by atoms with Gasteiger partial charge in [0, 0.05) is 42.0 Å². The maximum absolute atomic E-state index is 13.4. The first-order valence-electron chi connectivity index (χ1n) is 9.24. The molecule has 1 atom stereocenters. The third kappa shape index (κ3) is 3.90. The standard InChI is InChI=1S/C22H19ClFN3O/c23-18-13-16(8-9-19(18)24)22(28)27-12-4-7-17(14-27)20-10-11-25-21(26-20)15-5-2-1-3-6-15/h1-3,5-6,8-11,13,17H,4,7,12,14H2. The van der Waals surface area contributed by atoms with Gasteiger partial charge < -0.3 is 4.90 Å². The number of amides is 1. The van der Waals surface area contributed by atoms with Crippen LogP contribution in [-0.2, 0) is 0 Å². The lowest BCUT2D eigenvalue weighted by Crippen LogP contribution is -2.39. The lowest BCUT2D eigenvalue weighted by atomic mass is 9.94. The van der Waals surface area contributed by atoms with E-state index in [1.807, 2.05) is 36.4 Å². The van der Waals surface area contributed by atoms with E-state index in [0.29, 0.717) is 24.5 Å². The molecule has 0 N–H and O–H groups in total. The molecule has 3 aromatic rings. The zero-order chi connectivity index (χ0) is 19.5. The number of halogens is 2. The number of carbonyl (C=O) groups excluding carboxylic acids is 1. The second-order valence-electron chi connectivity index (χ2n) is 6.89. The minimum atomic E-state index is -0.524. The van der Waals surface area contributed by atoms with E-state index in [0.717, 1.165) is 24.1 Å². The Labute approximate surface area is 168 Å². The lowest BCUT2D eigenvalue weighted by molar-refractivity contribution is 0.0706. The van der Waals surface area contributed by atoms with E-state index in [1.54, 1.807) is 11.1 Å². The fourth-order valence-corrected chi connectivity index (χ4v) is 3.72. The molecule has 1 fully saturated rings. The van der Waals surface area contributed by atoms with Gasteiger partial charge in [-0.25, -0.2) is 14.4 Å². The van der Waals surface area contributed by atoms with E-state index in [2.05, 4.69) is 4.98 Å². The number of rotatable bonds is 3. The number of hydrogen-bond donors (Lipinski definition) is 0. The molecule has 1 amide bonds. The zero-order valence-electron chi connectivity index (χ0n) is 15.2. The third-order valence-corrected chi connectivity index (χ3v) is 5.29. The second-order valence-corrected chi connectivity index (χ2v) is 7.30. The van der Waals surface area contributed by atoms with Crippen molar-refractivity contribution in [1.82, 2.24) is 14.9 Å². The summed E-state index contributed by atoms with van der Waals surface area (Å²) in [5.74, 6) is 0.166. The molecule has 0 saturated carbocycles. The maximum atomic E-state index is 13.4. The predicted molar refractivity (Wildman–Crippen MR) is 107 cm³/mol. The van der Waals surface area contributed by atoms with Crippen molar-refractivity contribution < 1.29 is 9.18 Å². The van der Waals surface area contributed by atoms with Gasteiger partial charge in [0.15, 0.2) is 5.82 Å². The number of piperidine rings is 1. The van der Waals surface area contributed by atoms with Gasteiger partial charge in [-0.2, -0.15) is 0 Å². The smallest absolute Gasteiger partial charge is 0.253 e. The summed E-state index contributed by atoms with van der Waals surface area (Å²) in [5.41, 5.74) is 2.30. The summed E-state index contributed by atoms with van der Waals surface area (Å²) in [7, 11) is 0. The largest absolute Gasteiger partial charge is 0.338 e. The molecule has 2 heterocycles. The maximum Gasteiger partial charge on any atom is 0.253 e. The van der Waals surface area contributed by atoms with Crippen LogP contribution in [0.15, 0.2) is 60.8 Å². The molecule has 0 bridgehead atoms. The van der Waals surface area contributed by atoms with Crippen LogP contribution in [0.4, 0.5) is 4.39 Å². The minimum Gasteiger partial charge on any atom is -0.338 e. The highest BCUT2D eigenvalue weighted by Crippen LogP contribution is 2.28. The molecule has 1 saturated heterocycles. The highest BCUT2D eigenvalue weighted by atomic mass is 35.5. The van der Waals surface area contributed by atoms with E-state index in [-0.39, 0.29) is 16.8 Å². The summed E-state index contributed by atoms with van der Waals surface area (Å²) in [6, 6.07) is 15.8. The molecule has 1 unspecified atom stereocenters. The molecule has 4 nitrogen and oxygen atoms in total. The van der Waals surface area contributed by atoms with Crippen molar-refractivity contribution in [2.75, 3.05) is 13.1 Å². The highest BCUT2D eigenvalue weighted by Gasteiger charge is 2.27. The van der Waals surface area contributed by atoms with Crippen molar-refractivity contribution >= 4 is 17.5 Å². The number of carbonyl (C=O) groups is 1. The van der Waals surface area contributed by atoms with E-state index < -0.39 is 5.82 Å². The fourth-order valence-electron chi connectivity index (χ4n) is 3.54. The van der Waals surface area contributed by atoms with Crippen molar-refractivity contribution in [3.63, 3.8) is 0 Å². The Morgan fingerprint density at radius 1 is 1.14 bits per heavy atom. The molecule has 6 heteroatoms. The van der Waals surface area contributed by atoms with Crippen LogP contribution >= 0.6 is 11.6 Å². The topological polar surface area (TPSA) is 46.1 Å². The number of nitrogens with zero attached hydrogens (tertiary/aromatic N) is 3. The van der Waals surface area contributed by atoms with Crippen LogP contribution in [0.2, 0.25) is 5.02 Å². The van der Waals surface area contributed by atoms with Gasteiger partial charge in [0.1, 0.15) is 5.82 Å². The highest BCUT2D eigenvalue weighted by molar-refractivity contribution is 6.31. The van der Waals surface area contributed by atoms with Gasteiger partial charge in [0.2, 0.25) is 0 Å². The Kier molecular flexibility index (Phi) is 5.35. The van der Waals surface area contributed by atoms with Crippen LogP contribution < -0.4 is 0 Å². The van der Waals surface area contributed by atoms with Gasteiger partial charge in [0.05, 0.1) is 5.02 Å². The third-order valence-electron chi connectivity index (χ3n) is 5.00. The van der Waals surface area contributed by atoms with Gasteiger partial charge >= 0.3 is 0 Å². The fraction of sp³-hybridized carbons (Fsp3) is 0.227. The van der Waals surface area contributed by atoms with E-state index in [4.69, 9.17) is 16.6 Å². The molecule has 1 aliphatic rings. The van der Waals surface area contributed by atoms with E-state index >= 15 is 0 Å². The number of benzene rings is 2. The summed E-state index contributed by atoms with van der Waals surface area (Å²) in [6.07, 6.45) is 3.61. The van der Waals surface area contributed by atoms with Crippen LogP contribution in [-0.4, -0.2) is 33.9 Å². The van der Waals surface area contributed by atoms with Crippen LogP contribution in [0.5, 0.6) is 0 Å². The molecule has 142 valence electrons. The molecule has 0 spiro atoms. The molecular formula is C22H19ClFN3O. The van der Waals surface area contributed by atoms with E-state index in [1.165, 1.54) is 18.2 Å². The Balaban J connectivity index is 1.54. The molecule has 4 rings (SSSR count). The summed E-state index contributed by atoms with van der Waals surface area (Å²) in [5, 5.41) is -0.0392. The summed E-state index contributed by atoms with van der Waals surface area (Å²) in [6.45, 7) is 1.24. The summed E-state index contributed by atoms with van der Waals surface area (Å²) < 4.78 is 13.4. The molecule has 2 aromatic carbocycles. The van der Waals surface area contributed by atoms with Crippen molar-refractivity contribution in [3.05, 3.63) is 82.9 Å². The molecule has 28 heavy (non-hydrogen) atoms. The first-order chi connectivity index (χ1) is 13.6. The average molecular weight is 396 g/mol. The van der Waals surface area contributed by atoms with Gasteiger partial charge in [0.25, 0.3) is 5.91 Å². The summed E-state index contributed by atoms with van der Waals surface area (Å²) >= 11 is 5.83. The number of hydrogen-bond acceptors (Lipinski definition) is 3. The Bertz CT molecular complexity index is 996. The van der Waals surface area contributed by atoms with Gasteiger partial charge in [-0.05, 0) is 37.1 Å². The first kappa shape index (κ1) is 18.6. The van der Waals surface area contributed by atoms with Gasteiger partial charge in [-0.1, -0.05) is 41.9 Å². The summed E-state index contributed by atoms with van der Waals surface area (Å²) in [4.78, 5) is 23.8. The Hall–Kier alpha value is -2.79. The predicted octanol–water partition coefficient (Wildman–Crippen LogP) is 4.96. The van der Waals surface area contributed by atoms with Crippen molar-refractivity contribution in [3.8, 4) is 11.4 Å². The van der Waals surface area contributed by atoms with Gasteiger partial charge in [-0.15, -0.1) is 0 Å². The monoisotopic (exact) mass is 395 g/mol. The molecule has 1 aromatic heterocycles. The van der Waals surface area contributed by atoms with Gasteiger partial charge in [-0.3, -0.25) is 4.79 Å². The normalized spacial score (nSPS) is 16.8. The van der Waals surface area contributed by atoms with Crippen LogP contribution in [0.25, 0.3) is 11.4 Å². The molecule has 1 aliphatic heterocycles. The van der Waals surface area contributed by atoms with Crippen LogP contribution in [0, 0.1) is 5.82 Å². The SMILES string of the molecule is O=C(c1ccc(F)c(Cl)c1)N1CCCC(c2ccnc(-c3ccccc3)n2)C1. The quantitative estimate of drug-likeness (QED) is 0.630. The van der Waals surface area contributed by atoms with Crippen molar-refractivity contribution in [2.45, 2.75) is 18.8 Å². The second kappa shape index (κ2) is 8.07. The first-order valence-corrected chi connectivity index (χ1v) is 9.62. The minimum absolute atomic E-state index is 0.0392. The number of likely N-dealkylation sites (tertiary alicyclic amines) is 1. The van der Waals surface area contributed by atoms with Crippen molar-refractivity contribution in [2.24, 2.45) is 0 Å². The average Bonchev–Trinajstić information content (AvgIpc) is 2.76. The van der Waals surface area contributed by atoms with Crippen LogP contribution in [0.3, 0.4) is 0 Å².